The van der Waals surface area contributed by atoms with E-state index in [1.807, 2.05) is 0 Å². The van der Waals surface area contributed by atoms with Gasteiger partial charge >= 0.3 is 0 Å². The largest absolute Gasteiger partial charge is 0.331 e. The minimum Gasteiger partial charge on any atom is -0.331 e. The summed E-state index contributed by atoms with van der Waals surface area (Å²) in [6, 6.07) is 13.6. The number of benzene rings is 2. The quantitative estimate of drug-likeness (QED) is 0.605. The molecule has 2 N–H and O–H groups in total. The van der Waals surface area contributed by atoms with E-state index in [-0.39, 0.29) is 18.1 Å². The number of hydrogen-bond donors (Lipinski definition) is 2. The zero-order valence-corrected chi connectivity index (χ0v) is 16.9. The summed E-state index contributed by atoms with van der Waals surface area (Å²) < 4.78 is 0. The third kappa shape index (κ3) is 4.65. The first-order valence-corrected chi connectivity index (χ1v) is 9.29. The van der Waals surface area contributed by atoms with E-state index in [1.54, 1.807) is 48.5 Å². The molecule has 0 radical (unpaired) electrons. The molecule has 0 atom stereocenters. The zero-order chi connectivity index (χ0) is 20.3. The van der Waals surface area contributed by atoms with Crippen molar-refractivity contribution in [1.82, 2.24) is 15.1 Å². The first-order chi connectivity index (χ1) is 13.3. The lowest BCUT2D eigenvalue weighted by molar-refractivity contribution is -0.116. The number of nitrogens with zero attached hydrogens (tertiary/aromatic N) is 2. The topological polar surface area (TPSA) is 78.1 Å². The molecule has 1 heterocycles. The standard InChI is InChI=1S/C19H15Cl3N4O2/c1-26(10-17(27)23-18-13(21)3-2-4-14(18)22)19(28)16-9-15(24-25-16)11-5-7-12(20)8-6-11/h2-9H,10H2,1H3,(H,23,27)(H,24,25). The van der Waals surface area contributed by atoms with Gasteiger partial charge in [-0.3, -0.25) is 14.7 Å². The van der Waals surface area contributed by atoms with E-state index < -0.39 is 5.91 Å². The van der Waals surface area contributed by atoms with Crippen LogP contribution in [0.3, 0.4) is 0 Å². The Morgan fingerprint density at radius 2 is 1.71 bits per heavy atom. The molecule has 28 heavy (non-hydrogen) atoms. The summed E-state index contributed by atoms with van der Waals surface area (Å²) in [5, 5.41) is 10.7. The molecule has 144 valence electrons. The molecule has 0 aliphatic carbocycles. The fourth-order valence-electron chi connectivity index (χ4n) is 2.49. The molecule has 2 aromatic carbocycles. The highest BCUT2D eigenvalue weighted by molar-refractivity contribution is 6.39. The van der Waals surface area contributed by atoms with E-state index in [9.17, 15) is 9.59 Å². The van der Waals surface area contributed by atoms with Gasteiger partial charge in [-0.2, -0.15) is 5.10 Å². The monoisotopic (exact) mass is 436 g/mol. The summed E-state index contributed by atoms with van der Waals surface area (Å²) >= 11 is 18.0. The van der Waals surface area contributed by atoms with Crippen molar-refractivity contribution in [3.63, 3.8) is 0 Å². The number of carbonyl (C=O) groups excluding carboxylic acids is 2. The van der Waals surface area contributed by atoms with Crippen LogP contribution in [0.25, 0.3) is 11.3 Å². The van der Waals surface area contributed by atoms with Crippen LogP contribution in [-0.2, 0) is 4.79 Å². The van der Waals surface area contributed by atoms with E-state index in [4.69, 9.17) is 34.8 Å². The number of H-pyrrole nitrogens is 1. The van der Waals surface area contributed by atoms with Gasteiger partial charge in [0.15, 0.2) is 0 Å². The molecule has 9 heteroatoms. The highest BCUT2D eigenvalue weighted by Gasteiger charge is 2.19. The molecular weight excluding hydrogens is 423 g/mol. The Kier molecular flexibility index (Phi) is 6.24. The number of carbonyl (C=O) groups is 2. The molecule has 0 aliphatic rings. The van der Waals surface area contributed by atoms with Crippen molar-refractivity contribution in [1.29, 1.82) is 0 Å². The molecule has 1 aromatic heterocycles. The SMILES string of the molecule is CN(CC(=O)Nc1c(Cl)cccc1Cl)C(=O)c1cc(-c2ccc(Cl)cc2)n[nH]1. The predicted molar refractivity (Wildman–Crippen MR) is 111 cm³/mol. The van der Waals surface area contributed by atoms with E-state index in [0.717, 1.165) is 5.56 Å². The average molecular weight is 438 g/mol. The molecule has 0 saturated carbocycles. The van der Waals surface area contributed by atoms with Crippen LogP contribution in [0.2, 0.25) is 15.1 Å². The Labute approximate surface area is 176 Å². The second-order valence-electron chi connectivity index (χ2n) is 5.98. The van der Waals surface area contributed by atoms with Crippen molar-refractivity contribution in [3.05, 3.63) is 69.3 Å². The third-order valence-corrected chi connectivity index (χ3v) is 4.78. The lowest BCUT2D eigenvalue weighted by Gasteiger charge is -2.16. The van der Waals surface area contributed by atoms with Gasteiger partial charge in [-0.15, -0.1) is 0 Å². The number of amides is 2. The van der Waals surface area contributed by atoms with E-state index >= 15 is 0 Å². The Bertz CT molecular complexity index is 998. The molecule has 0 aliphatic heterocycles. The van der Waals surface area contributed by atoms with Gasteiger partial charge in [-0.25, -0.2) is 0 Å². The summed E-state index contributed by atoms with van der Waals surface area (Å²) in [6.07, 6.45) is 0. The lowest BCUT2D eigenvalue weighted by atomic mass is 10.1. The summed E-state index contributed by atoms with van der Waals surface area (Å²) in [4.78, 5) is 26.1. The number of hydrogen-bond acceptors (Lipinski definition) is 3. The number of anilines is 1. The van der Waals surface area contributed by atoms with Crippen molar-refractivity contribution in [2.24, 2.45) is 0 Å². The van der Waals surface area contributed by atoms with Gasteiger partial charge in [-0.05, 0) is 30.3 Å². The van der Waals surface area contributed by atoms with Gasteiger partial charge in [-0.1, -0.05) is 53.0 Å². The van der Waals surface area contributed by atoms with Crippen LogP contribution in [-0.4, -0.2) is 40.5 Å². The predicted octanol–water partition coefficient (Wildman–Crippen LogP) is 4.75. The minimum absolute atomic E-state index is 0.185. The van der Waals surface area contributed by atoms with Crippen LogP contribution in [0.4, 0.5) is 5.69 Å². The highest BCUT2D eigenvalue weighted by Crippen LogP contribution is 2.29. The van der Waals surface area contributed by atoms with E-state index in [1.165, 1.54) is 11.9 Å². The van der Waals surface area contributed by atoms with Gasteiger partial charge in [0.25, 0.3) is 5.91 Å². The van der Waals surface area contributed by atoms with Crippen LogP contribution in [0, 0.1) is 0 Å². The molecular formula is C19H15Cl3N4O2. The summed E-state index contributed by atoms with van der Waals surface area (Å²) in [5.41, 5.74) is 1.98. The Morgan fingerprint density at radius 3 is 2.36 bits per heavy atom. The first-order valence-electron chi connectivity index (χ1n) is 8.16. The van der Waals surface area contributed by atoms with Crippen molar-refractivity contribution < 1.29 is 9.59 Å². The summed E-state index contributed by atoms with van der Waals surface area (Å²) in [5.74, 6) is -0.809. The number of nitrogens with one attached hydrogen (secondary N) is 2. The average Bonchev–Trinajstić information content (AvgIpc) is 3.15. The molecule has 0 bridgehead atoms. The van der Waals surface area contributed by atoms with E-state index in [0.29, 0.717) is 26.4 Å². The third-order valence-electron chi connectivity index (χ3n) is 3.90. The molecule has 3 rings (SSSR count). The molecule has 0 saturated heterocycles. The number of aromatic amines is 1. The highest BCUT2D eigenvalue weighted by atomic mass is 35.5. The molecule has 0 spiro atoms. The van der Waals surface area contributed by atoms with Crippen LogP contribution in [0.15, 0.2) is 48.5 Å². The fourth-order valence-corrected chi connectivity index (χ4v) is 3.11. The van der Waals surface area contributed by atoms with Gasteiger partial charge in [0.1, 0.15) is 5.69 Å². The Hall–Kier alpha value is -2.54. The Morgan fingerprint density at radius 1 is 1.07 bits per heavy atom. The van der Waals surface area contributed by atoms with Gasteiger partial charge < -0.3 is 10.2 Å². The summed E-state index contributed by atoms with van der Waals surface area (Å²) in [7, 11) is 1.51. The first kappa shape index (κ1) is 20.2. The van der Waals surface area contributed by atoms with Crippen LogP contribution in [0.5, 0.6) is 0 Å². The number of likely N-dealkylation sites (N-methyl/N-ethyl adjacent to an activating group) is 1. The van der Waals surface area contributed by atoms with E-state index in [2.05, 4.69) is 15.5 Å². The normalized spacial score (nSPS) is 10.6. The number of para-hydroxylation sites is 1. The molecule has 2 amide bonds. The maximum Gasteiger partial charge on any atom is 0.272 e. The zero-order valence-electron chi connectivity index (χ0n) is 14.7. The van der Waals surface area contributed by atoms with Gasteiger partial charge in [0.05, 0.1) is 28.0 Å². The fraction of sp³-hybridized carbons (Fsp3) is 0.105. The van der Waals surface area contributed by atoms with Crippen LogP contribution < -0.4 is 5.32 Å². The molecule has 3 aromatic rings. The van der Waals surface area contributed by atoms with Crippen molar-refractivity contribution in [2.45, 2.75) is 0 Å². The van der Waals surface area contributed by atoms with Crippen molar-refractivity contribution in [3.8, 4) is 11.3 Å². The van der Waals surface area contributed by atoms with Crippen LogP contribution >= 0.6 is 34.8 Å². The minimum atomic E-state index is -0.428. The number of halogens is 3. The maximum atomic E-state index is 12.6. The smallest absolute Gasteiger partial charge is 0.272 e. The van der Waals surface area contributed by atoms with Gasteiger partial charge in [0, 0.05) is 17.6 Å². The molecule has 6 nitrogen and oxygen atoms in total. The number of aromatic nitrogens is 2. The van der Waals surface area contributed by atoms with Crippen LogP contribution in [0.1, 0.15) is 10.5 Å². The number of rotatable bonds is 5. The molecule has 0 unspecified atom stereocenters. The second kappa shape index (κ2) is 8.65. The van der Waals surface area contributed by atoms with Crippen molar-refractivity contribution >= 4 is 52.3 Å². The lowest BCUT2D eigenvalue weighted by Crippen LogP contribution is -2.35. The van der Waals surface area contributed by atoms with Gasteiger partial charge in [0.2, 0.25) is 5.91 Å². The summed E-state index contributed by atoms with van der Waals surface area (Å²) in [6.45, 7) is -0.185. The second-order valence-corrected chi connectivity index (χ2v) is 7.23. The maximum absolute atomic E-state index is 12.6. The Balaban J connectivity index is 1.66. The molecule has 0 fully saturated rings. The van der Waals surface area contributed by atoms with Crippen molar-refractivity contribution in [2.75, 3.05) is 18.9 Å².